The number of hydrogen-bond donors (Lipinski definition) is 1. The Hall–Kier alpha value is -1.27. The van der Waals surface area contributed by atoms with Crippen molar-refractivity contribution >= 4 is 33.2 Å². The summed E-state index contributed by atoms with van der Waals surface area (Å²) in [6.07, 6.45) is 2.33. The monoisotopic (exact) mass is 360 g/mol. The van der Waals surface area contributed by atoms with Gasteiger partial charge >= 0.3 is 0 Å². The number of carbonyl (C=O) groups is 1. The van der Waals surface area contributed by atoms with Crippen molar-refractivity contribution in [2.24, 2.45) is 5.92 Å². The highest BCUT2D eigenvalue weighted by atomic mass is 35.5. The lowest BCUT2D eigenvalue weighted by Crippen LogP contribution is -2.49. The Morgan fingerprint density at radius 1 is 1.26 bits per heavy atom. The number of benzene rings is 1. The van der Waals surface area contributed by atoms with Crippen LogP contribution in [-0.2, 0) is 14.8 Å². The van der Waals surface area contributed by atoms with Gasteiger partial charge in [-0.3, -0.25) is 9.10 Å². The Labute approximate surface area is 144 Å². The van der Waals surface area contributed by atoms with Crippen LogP contribution in [0.15, 0.2) is 24.3 Å². The SMILES string of the molecule is CC[C@@H](C(=O)NCCC(C)C)N(c1ccc(Cl)cc1)S(C)(=O)=O. The first-order valence-electron chi connectivity index (χ1n) is 7.69. The van der Waals surface area contributed by atoms with E-state index in [-0.39, 0.29) is 5.91 Å². The molecule has 0 heterocycles. The van der Waals surface area contributed by atoms with E-state index in [2.05, 4.69) is 19.2 Å². The summed E-state index contributed by atoms with van der Waals surface area (Å²) in [4.78, 5) is 12.4. The van der Waals surface area contributed by atoms with E-state index in [0.717, 1.165) is 17.0 Å². The maximum absolute atomic E-state index is 12.4. The van der Waals surface area contributed by atoms with Gasteiger partial charge in [0, 0.05) is 11.6 Å². The zero-order valence-electron chi connectivity index (χ0n) is 14.0. The van der Waals surface area contributed by atoms with Crippen LogP contribution in [0.2, 0.25) is 5.02 Å². The summed E-state index contributed by atoms with van der Waals surface area (Å²) in [6, 6.07) is 5.65. The molecule has 5 nitrogen and oxygen atoms in total. The number of halogens is 1. The Balaban J connectivity index is 3.03. The van der Waals surface area contributed by atoms with Crippen LogP contribution in [0.1, 0.15) is 33.6 Å². The lowest BCUT2D eigenvalue weighted by atomic mass is 10.1. The fraction of sp³-hybridized carbons (Fsp3) is 0.562. The zero-order valence-corrected chi connectivity index (χ0v) is 15.6. The molecule has 0 bridgehead atoms. The van der Waals surface area contributed by atoms with Crippen molar-refractivity contribution in [1.29, 1.82) is 0 Å². The van der Waals surface area contributed by atoms with E-state index in [0.29, 0.717) is 29.6 Å². The molecule has 0 saturated carbocycles. The molecule has 1 aromatic carbocycles. The number of rotatable bonds is 8. The summed E-state index contributed by atoms with van der Waals surface area (Å²) in [5, 5.41) is 3.34. The molecule has 0 spiro atoms. The van der Waals surface area contributed by atoms with E-state index < -0.39 is 16.1 Å². The van der Waals surface area contributed by atoms with E-state index in [1.807, 2.05) is 0 Å². The fourth-order valence-electron chi connectivity index (χ4n) is 2.25. The summed E-state index contributed by atoms with van der Waals surface area (Å²) in [5.74, 6) is 0.186. The normalized spacial score (nSPS) is 13.0. The highest BCUT2D eigenvalue weighted by Crippen LogP contribution is 2.24. The molecular weight excluding hydrogens is 336 g/mol. The molecule has 0 fully saturated rings. The average molecular weight is 361 g/mol. The molecule has 0 aromatic heterocycles. The molecule has 0 aliphatic heterocycles. The second kappa shape index (κ2) is 8.55. The third-order valence-corrected chi connectivity index (χ3v) is 4.86. The van der Waals surface area contributed by atoms with Gasteiger partial charge in [0.15, 0.2) is 0 Å². The molecule has 1 rings (SSSR count). The molecule has 23 heavy (non-hydrogen) atoms. The van der Waals surface area contributed by atoms with Gasteiger partial charge in [-0.2, -0.15) is 0 Å². The van der Waals surface area contributed by atoms with Crippen LogP contribution in [0, 0.1) is 5.92 Å². The first-order chi connectivity index (χ1) is 10.7. The quantitative estimate of drug-likeness (QED) is 0.774. The van der Waals surface area contributed by atoms with Gasteiger partial charge in [-0.1, -0.05) is 32.4 Å². The number of nitrogens with one attached hydrogen (secondary N) is 1. The Kier molecular flexibility index (Phi) is 7.35. The van der Waals surface area contributed by atoms with E-state index in [1.165, 1.54) is 0 Å². The first kappa shape index (κ1) is 19.8. The number of amides is 1. The van der Waals surface area contributed by atoms with E-state index in [9.17, 15) is 13.2 Å². The third kappa shape index (κ3) is 6.03. The molecule has 0 aliphatic rings. The van der Waals surface area contributed by atoms with Crippen molar-refractivity contribution in [3.05, 3.63) is 29.3 Å². The molecule has 0 radical (unpaired) electrons. The van der Waals surface area contributed by atoms with Crippen LogP contribution < -0.4 is 9.62 Å². The van der Waals surface area contributed by atoms with Crippen molar-refractivity contribution in [3.63, 3.8) is 0 Å². The first-order valence-corrected chi connectivity index (χ1v) is 9.92. The minimum absolute atomic E-state index is 0.284. The second-order valence-corrected chi connectivity index (χ2v) is 8.23. The summed E-state index contributed by atoms with van der Waals surface area (Å²) >= 11 is 5.86. The highest BCUT2D eigenvalue weighted by molar-refractivity contribution is 7.92. The summed E-state index contributed by atoms with van der Waals surface area (Å²) in [7, 11) is -3.60. The average Bonchev–Trinajstić information content (AvgIpc) is 2.44. The summed E-state index contributed by atoms with van der Waals surface area (Å²) in [5.41, 5.74) is 0.433. The van der Waals surface area contributed by atoms with Crippen molar-refractivity contribution in [1.82, 2.24) is 5.32 Å². The van der Waals surface area contributed by atoms with Gasteiger partial charge in [0.1, 0.15) is 6.04 Å². The van der Waals surface area contributed by atoms with E-state index >= 15 is 0 Å². The van der Waals surface area contributed by atoms with Crippen molar-refractivity contribution in [3.8, 4) is 0 Å². The predicted molar refractivity (Wildman–Crippen MR) is 95.3 cm³/mol. The molecule has 0 saturated heterocycles. The van der Waals surface area contributed by atoms with Crippen LogP contribution in [0.3, 0.4) is 0 Å². The van der Waals surface area contributed by atoms with E-state index in [4.69, 9.17) is 11.6 Å². The van der Waals surface area contributed by atoms with Crippen LogP contribution in [0.5, 0.6) is 0 Å². The highest BCUT2D eigenvalue weighted by Gasteiger charge is 2.31. The second-order valence-electron chi connectivity index (χ2n) is 5.93. The summed E-state index contributed by atoms with van der Waals surface area (Å²) in [6.45, 7) is 6.46. The van der Waals surface area contributed by atoms with Crippen molar-refractivity contribution in [2.45, 2.75) is 39.7 Å². The largest absolute Gasteiger partial charge is 0.354 e. The van der Waals surface area contributed by atoms with Gasteiger partial charge < -0.3 is 5.32 Å². The number of sulfonamides is 1. The number of hydrogen-bond acceptors (Lipinski definition) is 3. The Morgan fingerprint density at radius 2 is 1.83 bits per heavy atom. The standard InChI is InChI=1S/C16H25ClN2O3S/c1-5-15(16(20)18-11-10-12(2)3)19(23(4,21)22)14-8-6-13(17)7-9-14/h6-9,12,15H,5,10-11H2,1-4H3,(H,18,20)/t15-/m0/s1. The van der Waals surface area contributed by atoms with E-state index in [1.54, 1.807) is 31.2 Å². The van der Waals surface area contributed by atoms with Crippen LogP contribution in [0.25, 0.3) is 0 Å². The maximum Gasteiger partial charge on any atom is 0.243 e. The fourth-order valence-corrected chi connectivity index (χ4v) is 3.59. The smallest absolute Gasteiger partial charge is 0.243 e. The molecule has 1 aromatic rings. The molecule has 0 unspecified atom stereocenters. The lowest BCUT2D eigenvalue weighted by Gasteiger charge is -2.30. The number of nitrogens with zero attached hydrogens (tertiary/aromatic N) is 1. The minimum Gasteiger partial charge on any atom is -0.354 e. The van der Waals surface area contributed by atoms with Crippen molar-refractivity contribution < 1.29 is 13.2 Å². The molecule has 130 valence electrons. The predicted octanol–water partition coefficient (Wildman–Crippen LogP) is 3.05. The van der Waals surface area contributed by atoms with Crippen LogP contribution in [-0.4, -0.2) is 33.2 Å². The van der Waals surface area contributed by atoms with Gasteiger partial charge in [-0.05, 0) is 43.0 Å². The van der Waals surface area contributed by atoms with Gasteiger partial charge in [0.05, 0.1) is 11.9 Å². The van der Waals surface area contributed by atoms with Crippen LogP contribution in [0.4, 0.5) is 5.69 Å². The lowest BCUT2D eigenvalue weighted by molar-refractivity contribution is -0.122. The van der Waals surface area contributed by atoms with Gasteiger partial charge in [-0.25, -0.2) is 8.42 Å². The van der Waals surface area contributed by atoms with Gasteiger partial charge in [0.25, 0.3) is 0 Å². The van der Waals surface area contributed by atoms with Crippen molar-refractivity contribution in [2.75, 3.05) is 17.1 Å². The third-order valence-electron chi connectivity index (χ3n) is 3.43. The molecular formula is C16H25ClN2O3S. The molecule has 1 amide bonds. The molecule has 1 atom stereocenters. The van der Waals surface area contributed by atoms with Gasteiger partial charge in [0.2, 0.25) is 15.9 Å². The molecule has 7 heteroatoms. The molecule has 1 N–H and O–H groups in total. The Bertz CT molecular complexity index is 615. The topological polar surface area (TPSA) is 66.5 Å². The zero-order chi connectivity index (χ0) is 17.6. The maximum atomic E-state index is 12.4. The molecule has 0 aliphatic carbocycles. The summed E-state index contributed by atoms with van der Waals surface area (Å²) < 4.78 is 25.6. The van der Waals surface area contributed by atoms with Gasteiger partial charge in [-0.15, -0.1) is 0 Å². The van der Waals surface area contributed by atoms with Crippen LogP contribution >= 0.6 is 11.6 Å². The number of anilines is 1. The Morgan fingerprint density at radius 3 is 2.26 bits per heavy atom. The number of carbonyl (C=O) groups excluding carboxylic acids is 1. The minimum atomic E-state index is -3.60.